The first-order chi connectivity index (χ1) is 13.6. The van der Waals surface area contributed by atoms with Gasteiger partial charge in [-0.25, -0.2) is 9.97 Å². The first-order valence-corrected chi connectivity index (χ1v) is 9.32. The molecule has 1 aromatic carbocycles. The number of nitrogens with zero attached hydrogens (tertiary/aromatic N) is 3. The van der Waals surface area contributed by atoms with Gasteiger partial charge >= 0.3 is 0 Å². The number of rotatable bonds is 6. The lowest BCUT2D eigenvalue weighted by Gasteiger charge is -2.18. The van der Waals surface area contributed by atoms with E-state index in [-0.39, 0.29) is 36.9 Å². The van der Waals surface area contributed by atoms with Crippen LogP contribution in [0.4, 0.5) is 5.95 Å². The molecule has 2 aliphatic heterocycles. The van der Waals surface area contributed by atoms with Gasteiger partial charge in [0.05, 0.1) is 24.9 Å². The molecule has 0 radical (unpaired) electrons. The molecule has 8 nitrogen and oxygen atoms in total. The molecule has 2 saturated heterocycles. The quantitative estimate of drug-likeness (QED) is 0.801. The van der Waals surface area contributed by atoms with E-state index in [2.05, 4.69) is 15.3 Å². The minimum absolute atomic E-state index is 0.0218. The molecule has 2 fully saturated rings. The monoisotopic (exact) mass is 384 g/mol. The van der Waals surface area contributed by atoms with E-state index in [0.717, 1.165) is 11.3 Å². The molecule has 0 aliphatic carbocycles. The van der Waals surface area contributed by atoms with E-state index in [1.165, 1.54) is 4.90 Å². The largest absolute Gasteiger partial charge is 0.370 e. The lowest BCUT2D eigenvalue weighted by Crippen LogP contribution is -2.38. The predicted molar refractivity (Wildman–Crippen MR) is 103 cm³/mol. The van der Waals surface area contributed by atoms with Gasteiger partial charge in [0.15, 0.2) is 0 Å². The Morgan fingerprint density at radius 1 is 1.18 bits per heavy atom. The maximum atomic E-state index is 11.7. The summed E-state index contributed by atoms with van der Waals surface area (Å²) in [4.78, 5) is 22.2. The van der Waals surface area contributed by atoms with Gasteiger partial charge in [-0.3, -0.25) is 4.79 Å². The van der Waals surface area contributed by atoms with Crippen LogP contribution in [0.3, 0.4) is 0 Å². The number of nitrogens with one attached hydrogen (secondary N) is 1. The van der Waals surface area contributed by atoms with E-state index in [9.17, 15) is 4.79 Å². The fourth-order valence-corrected chi connectivity index (χ4v) is 3.40. The van der Waals surface area contributed by atoms with Crippen molar-refractivity contribution in [2.24, 2.45) is 0 Å². The van der Waals surface area contributed by atoms with Crippen molar-refractivity contribution >= 4 is 11.9 Å². The summed E-state index contributed by atoms with van der Waals surface area (Å²) in [5, 5.41) is 3.32. The highest BCUT2D eigenvalue weighted by molar-refractivity contribution is 5.76. The van der Waals surface area contributed by atoms with Gasteiger partial charge in [-0.05, 0) is 6.07 Å². The Hall–Kier alpha value is -2.55. The van der Waals surface area contributed by atoms with Crippen LogP contribution in [0.25, 0.3) is 11.3 Å². The van der Waals surface area contributed by atoms with E-state index in [0.29, 0.717) is 19.2 Å². The van der Waals surface area contributed by atoms with Crippen molar-refractivity contribution in [3.8, 4) is 11.3 Å². The van der Waals surface area contributed by atoms with Gasteiger partial charge in [0, 0.05) is 25.9 Å². The first-order valence-electron chi connectivity index (χ1n) is 9.32. The van der Waals surface area contributed by atoms with Crippen molar-refractivity contribution in [3.63, 3.8) is 0 Å². The molecule has 3 heterocycles. The molecule has 8 heteroatoms. The summed E-state index contributed by atoms with van der Waals surface area (Å²) in [6, 6.07) is 11.8. The maximum Gasteiger partial charge on any atom is 0.248 e. The Bertz CT molecular complexity index is 817. The Morgan fingerprint density at radius 2 is 1.96 bits per heavy atom. The maximum absolute atomic E-state index is 11.7. The number of hydrogen-bond acceptors (Lipinski definition) is 7. The fraction of sp³-hybridized carbons (Fsp3) is 0.450. The van der Waals surface area contributed by atoms with Crippen molar-refractivity contribution in [2.75, 3.05) is 39.2 Å². The van der Waals surface area contributed by atoms with Gasteiger partial charge in [0.1, 0.15) is 24.9 Å². The standard InChI is InChI=1S/C20H24N4O4/c1-24(2)17(25)12-26-16-11-28-18-15(10-27-19(16)18)23-20-21-9-8-14(22-20)13-6-4-3-5-7-13/h3-9,15-16,18-19H,10-12H2,1-2H3,(H,21,22,23)/t15-,16+,18+,19+/m0/s1. The SMILES string of the molecule is CN(C)C(=O)CO[C@@H]1CO[C@H]2[C@@H]1OC[C@@H]2Nc1nccc(-c2ccccc2)n1. The number of fused-ring (bicyclic) bond motifs is 1. The van der Waals surface area contributed by atoms with Crippen LogP contribution in [0.5, 0.6) is 0 Å². The average Bonchev–Trinajstić information content (AvgIpc) is 3.30. The summed E-state index contributed by atoms with van der Waals surface area (Å²) in [7, 11) is 3.41. The van der Waals surface area contributed by atoms with Gasteiger partial charge in [0.25, 0.3) is 0 Å². The lowest BCUT2D eigenvalue weighted by molar-refractivity contribution is -0.137. The van der Waals surface area contributed by atoms with Crippen LogP contribution in [0.1, 0.15) is 0 Å². The highest BCUT2D eigenvalue weighted by atomic mass is 16.6. The van der Waals surface area contributed by atoms with Gasteiger partial charge in [-0.1, -0.05) is 30.3 Å². The zero-order valence-electron chi connectivity index (χ0n) is 15.9. The Kier molecular flexibility index (Phi) is 5.52. The topological polar surface area (TPSA) is 85.8 Å². The second-order valence-electron chi connectivity index (χ2n) is 7.12. The molecule has 0 spiro atoms. The lowest BCUT2D eigenvalue weighted by atomic mass is 10.1. The molecule has 4 rings (SSSR count). The third-order valence-corrected chi connectivity index (χ3v) is 4.97. The van der Waals surface area contributed by atoms with Crippen molar-refractivity contribution in [1.29, 1.82) is 0 Å². The number of hydrogen-bond donors (Lipinski definition) is 1. The summed E-state index contributed by atoms with van der Waals surface area (Å²) in [5.74, 6) is 0.452. The molecule has 2 aliphatic rings. The molecule has 0 saturated carbocycles. The highest BCUT2D eigenvalue weighted by Crippen LogP contribution is 2.30. The van der Waals surface area contributed by atoms with Crippen LogP contribution in [-0.4, -0.2) is 79.0 Å². The molecular formula is C20H24N4O4. The van der Waals surface area contributed by atoms with Crippen molar-refractivity contribution < 1.29 is 19.0 Å². The van der Waals surface area contributed by atoms with E-state index in [1.54, 1.807) is 20.3 Å². The minimum atomic E-state index is -0.253. The second-order valence-corrected chi connectivity index (χ2v) is 7.12. The number of carbonyl (C=O) groups excluding carboxylic acids is 1. The molecule has 0 bridgehead atoms. The number of benzene rings is 1. The summed E-state index contributed by atoms with van der Waals surface area (Å²) in [6.07, 6.45) is 1.12. The minimum Gasteiger partial charge on any atom is -0.370 e. The smallest absolute Gasteiger partial charge is 0.248 e. The van der Waals surface area contributed by atoms with E-state index < -0.39 is 0 Å². The van der Waals surface area contributed by atoms with Crippen molar-refractivity contribution in [2.45, 2.75) is 24.4 Å². The number of amides is 1. The summed E-state index contributed by atoms with van der Waals surface area (Å²) >= 11 is 0. The molecule has 148 valence electrons. The second kappa shape index (κ2) is 8.22. The average molecular weight is 384 g/mol. The Morgan fingerprint density at radius 3 is 2.75 bits per heavy atom. The zero-order valence-corrected chi connectivity index (χ0v) is 15.9. The van der Waals surface area contributed by atoms with Crippen molar-refractivity contribution in [1.82, 2.24) is 14.9 Å². The third-order valence-electron chi connectivity index (χ3n) is 4.97. The molecule has 1 amide bonds. The number of anilines is 1. The van der Waals surface area contributed by atoms with E-state index >= 15 is 0 Å². The highest BCUT2D eigenvalue weighted by Gasteiger charge is 2.48. The van der Waals surface area contributed by atoms with E-state index in [4.69, 9.17) is 14.2 Å². The number of carbonyl (C=O) groups is 1. The van der Waals surface area contributed by atoms with E-state index in [1.807, 2.05) is 36.4 Å². The van der Waals surface area contributed by atoms with Crippen molar-refractivity contribution in [3.05, 3.63) is 42.6 Å². The summed E-state index contributed by atoms with van der Waals surface area (Å²) < 4.78 is 17.5. The predicted octanol–water partition coefficient (Wildman–Crippen LogP) is 1.20. The molecule has 28 heavy (non-hydrogen) atoms. The van der Waals surface area contributed by atoms with Crippen LogP contribution < -0.4 is 5.32 Å². The molecule has 1 N–H and O–H groups in total. The molecule has 4 atom stereocenters. The molecule has 0 unspecified atom stereocenters. The number of ether oxygens (including phenoxy) is 3. The Labute approximate surface area is 163 Å². The van der Waals surface area contributed by atoms with Crippen LogP contribution in [0, 0.1) is 0 Å². The van der Waals surface area contributed by atoms with Crippen LogP contribution >= 0.6 is 0 Å². The third kappa shape index (κ3) is 3.99. The van der Waals surface area contributed by atoms with Crippen LogP contribution in [-0.2, 0) is 19.0 Å². The fourth-order valence-electron chi connectivity index (χ4n) is 3.40. The number of likely N-dealkylation sites (N-methyl/N-ethyl adjacent to an activating group) is 1. The Balaban J connectivity index is 1.38. The van der Waals surface area contributed by atoms with Crippen LogP contribution in [0.2, 0.25) is 0 Å². The normalized spacial score (nSPS) is 26.1. The zero-order chi connectivity index (χ0) is 19.5. The molecular weight excluding hydrogens is 360 g/mol. The van der Waals surface area contributed by atoms with Crippen LogP contribution in [0.15, 0.2) is 42.6 Å². The van der Waals surface area contributed by atoms with Gasteiger partial charge in [0.2, 0.25) is 11.9 Å². The summed E-state index contributed by atoms with van der Waals surface area (Å²) in [6.45, 7) is 0.892. The first kappa shape index (κ1) is 18.8. The number of aromatic nitrogens is 2. The van der Waals surface area contributed by atoms with Gasteiger partial charge in [-0.15, -0.1) is 0 Å². The molecule has 1 aromatic heterocycles. The van der Waals surface area contributed by atoms with Gasteiger partial charge < -0.3 is 24.4 Å². The summed E-state index contributed by atoms with van der Waals surface area (Å²) in [5.41, 5.74) is 1.88. The molecule has 2 aromatic rings. The van der Waals surface area contributed by atoms with Gasteiger partial charge in [-0.2, -0.15) is 0 Å².